The summed E-state index contributed by atoms with van der Waals surface area (Å²) in [6.45, 7) is 5.39. The molecule has 0 saturated carbocycles. The fourth-order valence-corrected chi connectivity index (χ4v) is 3.02. The van der Waals surface area contributed by atoms with Crippen molar-refractivity contribution in [1.82, 2.24) is 15.1 Å². The van der Waals surface area contributed by atoms with Crippen LogP contribution in [0, 0.1) is 13.8 Å². The van der Waals surface area contributed by atoms with Gasteiger partial charge in [0.05, 0.1) is 12.7 Å². The largest absolute Gasteiger partial charge is 0.336 e. The van der Waals surface area contributed by atoms with Gasteiger partial charge in [-0.25, -0.2) is 4.79 Å². The van der Waals surface area contributed by atoms with Crippen LogP contribution < -0.4 is 10.6 Å². The van der Waals surface area contributed by atoms with E-state index in [1.54, 1.807) is 0 Å². The molecular weight excluding hydrogens is 288 g/mol. The molecule has 0 spiro atoms. The molecule has 0 atom stereocenters. The van der Waals surface area contributed by atoms with Gasteiger partial charge >= 0.3 is 6.03 Å². The average molecular weight is 312 g/mol. The van der Waals surface area contributed by atoms with Crippen molar-refractivity contribution in [2.45, 2.75) is 46.1 Å². The third-order valence-corrected chi connectivity index (χ3v) is 4.52. The van der Waals surface area contributed by atoms with E-state index in [0.717, 1.165) is 25.1 Å². The van der Waals surface area contributed by atoms with Crippen LogP contribution in [0.25, 0.3) is 0 Å². The summed E-state index contributed by atoms with van der Waals surface area (Å²) >= 11 is 0. The maximum absolute atomic E-state index is 12.0. The van der Waals surface area contributed by atoms with Crippen molar-refractivity contribution in [3.8, 4) is 0 Å². The third kappa shape index (κ3) is 3.73. The Bertz CT molecular complexity index is 705. The lowest BCUT2D eigenvalue weighted by molar-refractivity contribution is 0.251. The van der Waals surface area contributed by atoms with Gasteiger partial charge in [-0.15, -0.1) is 0 Å². The summed E-state index contributed by atoms with van der Waals surface area (Å²) in [6.07, 6.45) is 6.71. The molecule has 0 aliphatic heterocycles. The van der Waals surface area contributed by atoms with Crippen molar-refractivity contribution >= 4 is 11.7 Å². The summed E-state index contributed by atoms with van der Waals surface area (Å²) in [5, 5.41) is 10.2. The minimum atomic E-state index is -0.172. The number of nitrogens with one attached hydrogen (secondary N) is 2. The molecule has 1 aromatic carbocycles. The second kappa shape index (κ2) is 6.86. The van der Waals surface area contributed by atoms with Crippen molar-refractivity contribution in [2.75, 3.05) is 11.9 Å². The van der Waals surface area contributed by atoms with Gasteiger partial charge < -0.3 is 10.6 Å². The third-order valence-electron chi connectivity index (χ3n) is 4.52. The fraction of sp³-hybridized carbons (Fsp3) is 0.444. The highest BCUT2D eigenvalue weighted by Gasteiger charge is 2.14. The standard InChI is InChI=1S/C18H24N4O/c1-13-7-8-16(11-14(13)2)21-18(23)19-9-10-22-17-6-4-3-5-15(17)12-20-22/h7-8,11-12H,3-6,9-10H2,1-2H3,(H2,19,21,23). The molecule has 0 bridgehead atoms. The first-order chi connectivity index (χ1) is 11.1. The van der Waals surface area contributed by atoms with Gasteiger partial charge in [0.1, 0.15) is 0 Å². The Morgan fingerprint density at radius 3 is 2.87 bits per heavy atom. The Labute approximate surface area is 137 Å². The van der Waals surface area contributed by atoms with Crippen LogP contribution in [0.15, 0.2) is 24.4 Å². The highest BCUT2D eigenvalue weighted by molar-refractivity contribution is 5.89. The smallest absolute Gasteiger partial charge is 0.319 e. The van der Waals surface area contributed by atoms with Crippen molar-refractivity contribution in [3.63, 3.8) is 0 Å². The second-order valence-corrected chi connectivity index (χ2v) is 6.23. The minimum absolute atomic E-state index is 0.172. The van der Waals surface area contributed by atoms with Gasteiger partial charge in [0, 0.05) is 17.9 Å². The first-order valence-electron chi connectivity index (χ1n) is 8.29. The van der Waals surface area contributed by atoms with E-state index in [4.69, 9.17) is 0 Å². The zero-order valence-corrected chi connectivity index (χ0v) is 13.9. The molecule has 1 aromatic heterocycles. The number of hydrogen-bond donors (Lipinski definition) is 2. The van der Waals surface area contributed by atoms with Gasteiger partial charge in [-0.2, -0.15) is 5.10 Å². The fourth-order valence-electron chi connectivity index (χ4n) is 3.02. The normalized spacial score (nSPS) is 13.5. The number of carbonyl (C=O) groups is 1. The minimum Gasteiger partial charge on any atom is -0.336 e. The maximum atomic E-state index is 12.0. The Kier molecular flexibility index (Phi) is 4.65. The molecule has 122 valence electrons. The number of amides is 2. The van der Waals surface area contributed by atoms with E-state index in [2.05, 4.69) is 22.7 Å². The molecule has 5 heteroatoms. The summed E-state index contributed by atoms with van der Waals surface area (Å²) in [4.78, 5) is 12.0. The quantitative estimate of drug-likeness (QED) is 0.911. The van der Waals surface area contributed by atoms with Gasteiger partial charge in [0.25, 0.3) is 0 Å². The van der Waals surface area contributed by atoms with E-state index in [9.17, 15) is 4.79 Å². The van der Waals surface area contributed by atoms with Crippen LogP contribution in [0.2, 0.25) is 0 Å². The van der Waals surface area contributed by atoms with Crippen molar-refractivity contribution in [3.05, 3.63) is 46.8 Å². The lowest BCUT2D eigenvalue weighted by atomic mass is 9.98. The SMILES string of the molecule is Cc1ccc(NC(=O)NCCn2ncc3c2CCCC3)cc1C. The summed E-state index contributed by atoms with van der Waals surface area (Å²) in [7, 11) is 0. The van der Waals surface area contributed by atoms with Crippen LogP contribution >= 0.6 is 0 Å². The lowest BCUT2D eigenvalue weighted by Crippen LogP contribution is -2.32. The molecule has 3 rings (SSSR count). The molecule has 0 radical (unpaired) electrons. The van der Waals surface area contributed by atoms with Crippen molar-refractivity contribution < 1.29 is 4.79 Å². The van der Waals surface area contributed by atoms with Crippen LogP contribution in [-0.2, 0) is 19.4 Å². The van der Waals surface area contributed by atoms with E-state index in [1.165, 1.54) is 35.2 Å². The molecule has 23 heavy (non-hydrogen) atoms. The first-order valence-corrected chi connectivity index (χ1v) is 8.29. The number of anilines is 1. The highest BCUT2D eigenvalue weighted by Crippen LogP contribution is 2.20. The molecule has 1 aliphatic rings. The van der Waals surface area contributed by atoms with Gasteiger partial charge in [0.2, 0.25) is 0 Å². The number of nitrogens with zero attached hydrogens (tertiary/aromatic N) is 2. The molecule has 1 heterocycles. The number of urea groups is 1. The molecule has 0 saturated heterocycles. The monoisotopic (exact) mass is 312 g/mol. The van der Waals surface area contributed by atoms with Gasteiger partial charge in [0.15, 0.2) is 0 Å². The van der Waals surface area contributed by atoms with E-state index in [-0.39, 0.29) is 6.03 Å². The number of benzene rings is 1. The van der Waals surface area contributed by atoms with Gasteiger partial charge in [-0.3, -0.25) is 4.68 Å². The topological polar surface area (TPSA) is 59.0 Å². The zero-order valence-electron chi connectivity index (χ0n) is 13.9. The Hall–Kier alpha value is -2.30. The van der Waals surface area contributed by atoms with E-state index in [1.807, 2.05) is 36.0 Å². The lowest BCUT2D eigenvalue weighted by Gasteiger charge is -2.14. The first kappa shape index (κ1) is 15.6. The average Bonchev–Trinajstić information content (AvgIpc) is 2.94. The summed E-state index contributed by atoms with van der Waals surface area (Å²) in [5.41, 5.74) is 5.93. The predicted octanol–water partition coefficient (Wildman–Crippen LogP) is 3.20. The summed E-state index contributed by atoms with van der Waals surface area (Å²) in [6, 6.07) is 5.75. The Morgan fingerprint density at radius 2 is 2.04 bits per heavy atom. The Morgan fingerprint density at radius 1 is 1.22 bits per heavy atom. The van der Waals surface area contributed by atoms with Crippen LogP contribution in [0.1, 0.15) is 35.2 Å². The number of aryl methyl sites for hydroxylation is 3. The van der Waals surface area contributed by atoms with Gasteiger partial charge in [-0.05, 0) is 68.4 Å². The molecule has 0 unspecified atom stereocenters. The molecule has 5 nitrogen and oxygen atoms in total. The van der Waals surface area contributed by atoms with Crippen LogP contribution in [0.4, 0.5) is 10.5 Å². The maximum Gasteiger partial charge on any atom is 0.319 e. The number of rotatable bonds is 4. The van der Waals surface area contributed by atoms with Gasteiger partial charge in [-0.1, -0.05) is 6.07 Å². The zero-order chi connectivity index (χ0) is 16.2. The highest BCUT2D eigenvalue weighted by atomic mass is 16.2. The van der Waals surface area contributed by atoms with Crippen LogP contribution in [-0.4, -0.2) is 22.4 Å². The van der Waals surface area contributed by atoms with E-state index < -0.39 is 0 Å². The number of fused-ring (bicyclic) bond motifs is 1. The number of hydrogen-bond acceptors (Lipinski definition) is 2. The summed E-state index contributed by atoms with van der Waals surface area (Å²) < 4.78 is 2.03. The molecular formula is C18H24N4O. The van der Waals surface area contributed by atoms with Crippen molar-refractivity contribution in [1.29, 1.82) is 0 Å². The predicted molar refractivity (Wildman–Crippen MR) is 91.8 cm³/mol. The number of carbonyl (C=O) groups excluding carboxylic acids is 1. The second-order valence-electron chi connectivity index (χ2n) is 6.23. The molecule has 2 N–H and O–H groups in total. The number of aromatic nitrogens is 2. The van der Waals surface area contributed by atoms with Crippen molar-refractivity contribution in [2.24, 2.45) is 0 Å². The van der Waals surface area contributed by atoms with E-state index >= 15 is 0 Å². The van der Waals surface area contributed by atoms with E-state index in [0.29, 0.717) is 6.54 Å². The Balaban J connectivity index is 1.49. The summed E-state index contributed by atoms with van der Waals surface area (Å²) in [5.74, 6) is 0. The molecule has 0 fully saturated rings. The molecule has 1 aliphatic carbocycles. The molecule has 2 amide bonds. The van der Waals surface area contributed by atoms with Crippen LogP contribution in [0.3, 0.4) is 0 Å². The van der Waals surface area contributed by atoms with Crippen LogP contribution in [0.5, 0.6) is 0 Å². The molecule has 2 aromatic rings.